The molecule has 0 saturated carbocycles. The van der Waals surface area contributed by atoms with Gasteiger partial charge in [0.25, 0.3) is 0 Å². The fourth-order valence-corrected chi connectivity index (χ4v) is 8.26. The number of aromatic nitrogens is 1. The average molecular weight is 487 g/mol. The van der Waals surface area contributed by atoms with E-state index in [9.17, 15) is 0 Å². The first-order valence-corrected chi connectivity index (χ1v) is 14.5. The number of rotatable bonds is 0. The summed E-state index contributed by atoms with van der Waals surface area (Å²) in [6.45, 7) is 32.5. The lowest BCUT2D eigenvalue weighted by Crippen LogP contribution is -2.53. The van der Waals surface area contributed by atoms with Gasteiger partial charge in [0, 0.05) is 22.0 Å². The van der Waals surface area contributed by atoms with Gasteiger partial charge in [0.15, 0.2) is 6.20 Å². The molecule has 1 nitrogen and oxygen atoms in total. The number of hydrogen-bond donors (Lipinski definition) is 0. The van der Waals surface area contributed by atoms with Crippen molar-refractivity contribution in [2.24, 2.45) is 7.05 Å². The third-order valence-electron chi connectivity index (χ3n) is 11.6. The van der Waals surface area contributed by atoms with Crippen LogP contribution in [-0.2, 0) is 39.5 Å². The van der Waals surface area contributed by atoms with Gasteiger partial charge in [-0.05, 0) is 82.1 Å². The van der Waals surface area contributed by atoms with E-state index in [1.54, 1.807) is 33.4 Å². The van der Waals surface area contributed by atoms with Crippen LogP contribution >= 0.6 is 0 Å². The van der Waals surface area contributed by atoms with Crippen molar-refractivity contribution >= 4 is 0 Å². The molecule has 0 N–H and O–H groups in total. The molecule has 5 rings (SSSR count). The van der Waals surface area contributed by atoms with Gasteiger partial charge in [-0.1, -0.05) is 89.2 Å². The van der Waals surface area contributed by atoms with Crippen LogP contribution in [0, 0.1) is 6.92 Å². The van der Waals surface area contributed by atoms with E-state index in [0.29, 0.717) is 0 Å². The molecule has 0 radical (unpaired) electrons. The molecule has 2 aromatic rings. The molecule has 0 saturated heterocycles. The lowest BCUT2D eigenvalue weighted by molar-refractivity contribution is -0.661. The van der Waals surface area contributed by atoms with Crippen molar-refractivity contribution in [2.45, 2.75) is 148 Å². The van der Waals surface area contributed by atoms with Gasteiger partial charge < -0.3 is 0 Å². The Morgan fingerprint density at radius 3 is 1.50 bits per heavy atom. The van der Waals surface area contributed by atoms with Crippen LogP contribution in [0.15, 0.2) is 12.3 Å². The second-order valence-corrected chi connectivity index (χ2v) is 16.4. The minimum absolute atomic E-state index is 0.00234. The van der Waals surface area contributed by atoms with Crippen molar-refractivity contribution in [2.75, 3.05) is 0 Å². The highest BCUT2D eigenvalue weighted by Crippen LogP contribution is 2.62. The smallest absolute Gasteiger partial charge is 0.200 e. The molecule has 1 heteroatoms. The quantitative estimate of drug-likeness (QED) is 0.328. The molecule has 36 heavy (non-hydrogen) atoms. The standard InChI is InChI=1S/C35H52N/c1-21-19-22-25(32(6,7)17-15-30(22,2)3)27-24(21)29-28(35(12,13)34(27,10)11)26-23(20-36(29)14)31(4,5)16-18-33(26,8)9/h19-20H,15-18H2,1-14H3/q+1. The normalized spacial score (nSPS) is 25.3. The van der Waals surface area contributed by atoms with Crippen LogP contribution in [0.3, 0.4) is 0 Å². The first kappa shape index (κ1) is 26.0. The Kier molecular flexibility index (Phi) is 5.10. The Morgan fingerprint density at radius 2 is 0.972 bits per heavy atom. The molecule has 0 bridgehead atoms. The summed E-state index contributed by atoms with van der Waals surface area (Å²) in [4.78, 5) is 0. The SMILES string of the molecule is Cc1cc2c(c3c1-c1c(c4c(c[n+]1C)C(C)(C)CCC4(C)C)C(C)(C)C3(C)C)C(C)(C)CCC2(C)C. The van der Waals surface area contributed by atoms with Gasteiger partial charge in [0.05, 0.1) is 5.56 Å². The molecule has 0 amide bonds. The topological polar surface area (TPSA) is 3.88 Å². The maximum Gasteiger partial charge on any atom is 0.216 e. The summed E-state index contributed by atoms with van der Waals surface area (Å²) < 4.78 is 2.52. The van der Waals surface area contributed by atoms with Crippen LogP contribution in [-0.4, -0.2) is 0 Å². The Balaban J connectivity index is 2.04. The lowest BCUT2D eigenvalue weighted by atomic mass is 9.48. The third-order valence-corrected chi connectivity index (χ3v) is 11.6. The second kappa shape index (κ2) is 7.06. The molecule has 0 unspecified atom stereocenters. The van der Waals surface area contributed by atoms with Gasteiger partial charge in [0.1, 0.15) is 7.05 Å². The molecule has 0 spiro atoms. The predicted octanol–water partition coefficient (Wildman–Crippen LogP) is 8.75. The number of nitrogens with zero attached hydrogens (tertiary/aromatic N) is 1. The number of pyridine rings is 1. The van der Waals surface area contributed by atoms with E-state index in [2.05, 4.69) is 114 Å². The summed E-state index contributed by atoms with van der Waals surface area (Å²) in [5.41, 5.74) is 15.0. The molecular weight excluding hydrogens is 434 g/mol. The van der Waals surface area contributed by atoms with Gasteiger partial charge >= 0.3 is 0 Å². The largest absolute Gasteiger partial charge is 0.216 e. The fraction of sp³-hybridized carbons (Fsp3) is 0.686. The minimum Gasteiger partial charge on any atom is -0.200 e. The average Bonchev–Trinajstić information content (AvgIpc) is 2.72. The van der Waals surface area contributed by atoms with E-state index in [1.165, 1.54) is 42.5 Å². The van der Waals surface area contributed by atoms with Crippen molar-refractivity contribution in [3.05, 3.63) is 51.2 Å². The van der Waals surface area contributed by atoms with Crippen molar-refractivity contribution in [3.8, 4) is 11.3 Å². The zero-order valence-electron chi connectivity index (χ0n) is 25.9. The summed E-state index contributed by atoms with van der Waals surface area (Å²) in [5, 5.41) is 0. The van der Waals surface area contributed by atoms with Crippen LogP contribution in [0.2, 0.25) is 0 Å². The number of benzene rings is 1. The monoisotopic (exact) mass is 486 g/mol. The molecule has 0 fully saturated rings. The zero-order valence-corrected chi connectivity index (χ0v) is 25.9. The molecule has 1 aromatic carbocycles. The molecule has 0 atom stereocenters. The van der Waals surface area contributed by atoms with E-state index in [1.807, 2.05) is 0 Å². The van der Waals surface area contributed by atoms with Gasteiger partial charge in [-0.3, -0.25) is 0 Å². The fourth-order valence-electron chi connectivity index (χ4n) is 8.26. The van der Waals surface area contributed by atoms with Crippen molar-refractivity contribution in [3.63, 3.8) is 0 Å². The summed E-state index contributed by atoms with van der Waals surface area (Å²) >= 11 is 0. The Labute approximate surface area is 222 Å². The predicted molar refractivity (Wildman–Crippen MR) is 154 cm³/mol. The van der Waals surface area contributed by atoms with E-state index in [0.717, 1.165) is 0 Å². The van der Waals surface area contributed by atoms with Crippen molar-refractivity contribution < 1.29 is 4.57 Å². The van der Waals surface area contributed by atoms with Gasteiger partial charge in [-0.2, -0.15) is 0 Å². The molecule has 0 aliphatic heterocycles. The van der Waals surface area contributed by atoms with E-state index >= 15 is 0 Å². The van der Waals surface area contributed by atoms with Crippen LogP contribution in [0.5, 0.6) is 0 Å². The zero-order chi connectivity index (χ0) is 27.0. The molecule has 196 valence electrons. The van der Waals surface area contributed by atoms with Crippen molar-refractivity contribution in [1.82, 2.24) is 0 Å². The lowest BCUT2D eigenvalue weighted by Gasteiger charge is -2.54. The Bertz CT molecular complexity index is 1190. The summed E-state index contributed by atoms with van der Waals surface area (Å²) in [6, 6.07) is 2.59. The summed E-state index contributed by atoms with van der Waals surface area (Å²) in [7, 11) is 2.32. The number of aryl methyl sites for hydroxylation is 2. The van der Waals surface area contributed by atoms with Crippen LogP contribution in [0.4, 0.5) is 0 Å². The van der Waals surface area contributed by atoms with Gasteiger partial charge in [0.2, 0.25) is 5.69 Å². The maximum atomic E-state index is 2.59. The Morgan fingerprint density at radius 1 is 0.556 bits per heavy atom. The highest BCUT2D eigenvalue weighted by atomic mass is 14.9. The molecule has 1 aromatic heterocycles. The van der Waals surface area contributed by atoms with E-state index in [-0.39, 0.29) is 32.5 Å². The van der Waals surface area contributed by atoms with Crippen LogP contribution < -0.4 is 4.57 Å². The van der Waals surface area contributed by atoms with Crippen molar-refractivity contribution in [1.29, 1.82) is 0 Å². The minimum atomic E-state index is 0.00234. The summed E-state index contributed by atoms with van der Waals surface area (Å²) in [5.74, 6) is 0. The first-order valence-electron chi connectivity index (χ1n) is 14.5. The van der Waals surface area contributed by atoms with Gasteiger partial charge in [-0.25, -0.2) is 4.57 Å². The summed E-state index contributed by atoms with van der Waals surface area (Å²) in [6.07, 6.45) is 7.53. The van der Waals surface area contributed by atoms with E-state index in [4.69, 9.17) is 0 Å². The molecule has 3 aliphatic carbocycles. The highest BCUT2D eigenvalue weighted by Gasteiger charge is 2.57. The third kappa shape index (κ3) is 3.10. The van der Waals surface area contributed by atoms with Gasteiger partial charge in [-0.15, -0.1) is 0 Å². The van der Waals surface area contributed by atoms with Crippen LogP contribution in [0.25, 0.3) is 11.3 Å². The first-order chi connectivity index (χ1) is 16.2. The molecule has 1 heterocycles. The number of hydrogen-bond acceptors (Lipinski definition) is 0. The maximum absolute atomic E-state index is 2.59. The second-order valence-electron chi connectivity index (χ2n) is 16.4. The number of fused-ring (bicyclic) bond motifs is 7. The highest BCUT2D eigenvalue weighted by molar-refractivity contribution is 5.80. The molecule has 3 aliphatic rings. The Hall–Kier alpha value is -1.63. The molecular formula is C35H52N+. The van der Waals surface area contributed by atoms with Crippen LogP contribution in [0.1, 0.15) is 148 Å². The van der Waals surface area contributed by atoms with E-state index < -0.39 is 0 Å².